The fraction of sp³-hybridized carbons (Fsp3) is 0.611. The zero-order valence-corrected chi connectivity index (χ0v) is 13.0. The molecule has 2 aliphatic rings. The van der Waals surface area contributed by atoms with E-state index in [1.165, 1.54) is 17.5 Å². The molecule has 3 rings (SSSR count). The molecule has 0 atom stereocenters. The van der Waals surface area contributed by atoms with Crippen LogP contribution in [0.5, 0.6) is 0 Å². The number of hydrogen-bond acceptors (Lipinski definition) is 2. The quantitative estimate of drug-likeness (QED) is 0.924. The van der Waals surface area contributed by atoms with Crippen molar-refractivity contribution in [3.8, 4) is 0 Å². The van der Waals surface area contributed by atoms with E-state index < -0.39 is 5.54 Å². The predicted molar refractivity (Wildman–Crippen MR) is 84.8 cm³/mol. The van der Waals surface area contributed by atoms with Crippen molar-refractivity contribution in [2.75, 3.05) is 0 Å². The zero-order valence-electron chi connectivity index (χ0n) is 13.0. The Labute approximate surface area is 127 Å². The molecule has 2 fully saturated rings. The van der Waals surface area contributed by atoms with E-state index in [9.17, 15) is 4.79 Å². The van der Waals surface area contributed by atoms with Crippen molar-refractivity contribution >= 4 is 5.91 Å². The van der Waals surface area contributed by atoms with E-state index in [0.29, 0.717) is 12.6 Å². The highest BCUT2D eigenvalue weighted by Gasteiger charge is 2.43. The number of rotatable bonds is 4. The summed E-state index contributed by atoms with van der Waals surface area (Å²) in [6.45, 7) is 2.80. The standard InChI is InChI=1S/C18H26N2O/c1-14-5-7-15(8-6-14)13-20(16-9-10-16)17(21)18(19)11-3-2-4-12-18/h5-8,16H,2-4,9-13,19H2,1H3. The Hall–Kier alpha value is -1.35. The number of nitrogens with zero attached hydrogens (tertiary/aromatic N) is 1. The molecule has 2 aliphatic carbocycles. The number of aryl methyl sites for hydroxylation is 1. The molecule has 0 aliphatic heterocycles. The summed E-state index contributed by atoms with van der Waals surface area (Å²) in [7, 11) is 0. The highest BCUT2D eigenvalue weighted by molar-refractivity contribution is 5.86. The van der Waals surface area contributed by atoms with Gasteiger partial charge in [-0.1, -0.05) is 49.1 Å². The van der Waals surface area contributed by atoms with Crippen LogP contribution in [-0.2, 0) is 11.3 Å². The first-order chi connectivity index (χ1) is 10.1. The first-order valence-electron chi connectivity index (χ1n) is 8.24. The van der Waals surface area contributed by atoms with Gasteiger partial charge >= 0.3 is 0 Å². The van der Waals surface area contributed by atoms with E-state index in [1.54, 1.807) is 0 Å². The molecule has 21 heavy (non-hydrogen) atoms. The second kappa shape index (κ2) is 5.80. The van der Waals surface area contributed by atoms with Gasteiger partial charge in [-0.2, -0.15) is 0 Å². The van der Waals surface area contributed by atoms with Gasteiger partial charge in [-0.15, -0.1) is 0 Å². The zero-order chi connectivity index (χ0) is 14.9. The molecule has 1 aromatic rings. The van der Waals surface area contributed by atoms with E-state index in [-0.39, 0.29) is 5.91 Å². The number of benzene rings is 1. The Morgan fingerprint density at radius 3 is 2.38 bits per heavy atom. The van der Waals surface area contributed by atoms with Crippen LogP contribution in [0.4, 0.5) is 0 Å². The molecule has 3 nitrogen and oxygen atoms in total. The van der Waals surface area contributed by atoms with Gasteiger partial charge in [0.05, 0.1) is 5.54 Å². The third-order valence-corrected chi connectivity index (χ3v) is 4.89. The highest BCUT2D eigenvalue weighted by atomic mass is 16.2. The fourth-order valence-electron chi connectivity index (χ4n) is 3.33. The van der Waals surface area contributed by atoms with Crippen LogP contribution in [0.15, 0.2) is 24.3 Å². The molecule has 114 valence electrons. The summed E-state index contributed by atoms with van der Waals surface area (Å²) in [4.78, 5) is 15.0. The van der Waals surface area contributed by atoms with Crippen LogP contribution in [0.1, 0.15) is 56.1 Å². The van der Waals surface area contributed by atoms with Gasteiger partial charge in [-0.05, 0) is 38.2 Å². The van der Waals surface area contributed by atoms with Gasteiger partial charge in [0, 0.05) is 12.6 Å². The monoisotopic (exact) mass is 286 g/mol. The molecule has 1 aromatic carbocycles. The van der Waals surface area contributed by atoms with Crippen LogP contribution >= 0.6 is 0 Å². The normalized spacial score (nSPS) is 21.0. The SMILES string of the molecule is Cc1ccc(CN(C(=O)C2(N)CCCCC2)C2CC2)cc1. The van der Waals surface area contributed by atoms with Crippen molar-refractivity contribution in [2.45, 2.75) is 70.0 Å². The Balaban J connectivity index is 1.74. The first-order valence-corrected chi connectivity index (χ1v) is 8.24. The van der Waals surface area contributed by atoms with Gasteiger partial charge in [0.25, 0.3) is 0 Å². The van der Waals surface area contributed by atoms with Crippen LogP contribution < -0.4 is 5.73 Å². The van der Waals surface area contributed by atoms with Gasteiger partial charge in [-0.25, -0.2) is 0 Å². The first kappa shape index (κ1) is 14.6. The van der Waals surface area contributed by atoms with Gasteiger partial charge in [0.15, 0.2) is 0 Å². The minimum absolute atomic E-state index is 0.185. The minimum Gasteiger partial charge on any atom is -0.334 e. The van der Waals surface area contributed by atoms with Crippen LogP contribution in [0.25, 0.3) is 0 Å². The molecule has 0 radical (unpaired) electrons. The summed E-state index contributed by atoms with van der Waals surface area (Å²) in [6.07, 6.45) is 7.36. The molecule has 0 aromatic heterocycles. The van der Waals surface area contributed by atoms with Crippen LogP contribution in [-0.4, -0.2) is 22.4 Å². The predicted octanol–water partition coefficient (Wildman–Crippen LogP) is 3.15. The molecule has 0 saturated heterocycles. The maximum absolute atomic E-state index is 13.0. The third kappa shape index (κ3) is 3.29. The van der Waals surface area contributed by atoms with Gasteiger partial charge < -0.3 is 10.6 Å². The molecule has 0 unspecified atom stereocenters. The molecular formula is C18H26N2O. The molecule has 2 saturated carbocycles. The summed E-state index contributed by atoms with van der Waals surface area (Å²) in [5, 5.41) is 0. The fourth-order valence-corrected chi connectivity index (χ4v) is 3.33. The van der Waals surface area contributed by atoms with E-state index in [2.05, 4.69) is 36.1 Å². The summed E-state index contributed by atoms with van der Waals surface area (Å²) in [6, 6.07) is 8.90. The second-order valence-electron chi connectivity index (χ2n) is 6.87. The van der Waals surface area contributed by atoms with E-state index in [0.717, 1.165) is 38.5 Å². The number of amides is 1. The van der Waals surface area contributed by atoms with Crippen molar-refractivity contribution in [2.24, 2.45) is 5.73 Å². The lowest BCUT2D eigenvalue weighted by Crippen LogP contribution is -2.56. The van der Waals surface area contributed by atoms with Crippen molar-refractivity contribution in [3.05, 3.63) is 35.4 Å². The van der Waals surface area contributed by atoms with E-state index in [1.807, 2.05) is 0 Å². The van der Waals surface area contributed by atoms with Gasteiger partial charge in [0.1, 0.15) is 0 Å². The summed E-state index contributed by atoms with van der Waals surface area (Å²) in [5.74, 6) is 0.185. The molecule has 0 heterocycles. The number of carbonyl (C=O) groups is 1. The molecule has 0 spiro atoms. The Bertz CT molecular complexity index is 498. The molecule has 0 bridgehead atoms. The Morgan fingerprint density at radius 2 is 1.81 bits per heavy atom. The maximum Gasteiger partial charge on any atom is 0.243 e. The molecule has 3 heteroatoms. The lowest BCUT2D eigenvalue weighted by Gasteiger charge is -2.37. The van der Waals surface area contributed by atoms with Crippen LogP contribution in [0.3, 0.4) is 0 Å². The number of nitrogens with two attached hydrogens (primary N) is 1. The highest BCUT2D eigenvalue weighted by Crippen LogP contribution is 2.34. The molecular weight excluding hydrogens is 260 g/mol. The average Bonchev–Trinajstić information content (AvgIpc) is 3.31. The van der Waals surface area contributed by atoms with E-state index >= 15 is 0 Å². The summed E-state index contributed by atoms with van der Waals surface area (Å²) >= 11 is 0. The smallest absolute Gasteiger partial charge is 0.243 e. The largest absolute Gasteiger partial charge is 0.334 e. The Morgan fingerprint density at radius 1 is 1.19 bits per heavy atom. The van der Waals surface area contributed by atoms with Gasteiger partial charge in [0.2, 0.25) is 5.91 Å². The lowest BCUT2D eigenvalue weighted by atomic mass is 9.81. The second-order valence-corrected chi connectivity index (χ2v) is 6.87. The van der Waals surface area contributed by atoms with Crippen molar-refractivity contribution < 1.29 is 4.79 Å². The summed E-state index contributed by atoms with van der Waals surface area (Å²) < 4.78 is 0. The van der Waals surface area contributed by atoms with Crippen molar-refractivity contribution in [1.82, 2.24) is 4.90 Å². The van der Waals surface area contributed by atoms with Crippen LogP contribution in [0.2, 0.25) is 0 Å². The van der Waals surface area contributed by atoms with Crippen molar-refractivity contribution in [1.29, 1.82) is 0 Å². The lowest BCUT2D eigenvalue weighted by molar-refractivity contribution is -0.139. The minimum atomic E-state index is -0.606. The summed E-state index contributed by atoms with van der Waals surface area (Å²) in [5.41, 5.74) is 8.31. The Kier molecular flexibility index (Phi) is 4.03. The van der Waals surface area contributed by atoms with Crippen LogP contribution in [0, 0.1) is 6.92 Å². The third-order valence-electron chi connectivity index (χ3n) is 4.89. The van der Waals surface area contributed by atoms with Gasteiger partial charge in [-0.3, -0.25) is 4.79 Å². The molecule has 2 N–H and O–H groups in total. The molecule has 1 amide bonds. The van der Waals surface area contributed by atoms with Crippen molar-refractivity contribution in [3.63, 3.8) is 0 Å². The topological polar surface area (TPSA) is 46.3 Å². The maximum atomic E-state index is 13.0. The number of carbonyl (C=O) groups excluding carboxylic acids is 1. The number of hydrogen-bond donors (Lipinski definition) is 1. The average molecular weight is 286 g/mol. The van der Waals surface area contributed by atoms with E-state index in [4.69, 9.17) is 5.73 Å².